The van der Waals surface area contributed by atoms with E-state index in [1.165, 1.54) is 59.7 Å². The zero-order valence-corrected chi connectivity index (χ0v) is 18.3. The lowest BCUT2D eigenvalue weighted by Gasteiger charge is -2.22. The highest BCUT2D eigenvalue weighted by Crippen LogP contribution is 2.36. The highest BCUT2D eigenvalue weighted by molar-refractivity contribution is 5.86. The van der Waals surface area contributed by atoms with Gasteiger partial charge >= 0.3 is 5.97 Å². The Balaban J connectivity index is 1.75. The molecule has 1 aromatic heterocycles. The number of carbonyl (C=O) groups excluding carboxylic acids is 1. The van der Waals surface area contributed by atoms with Crippen LogP contribution in [0.25, 0.3) is 10.9 Å². The van der Waals surface area contributed by atoms with Crippen LogP contribution < -0.4 is 0 Å². The molecule has 0 spiro atoms. The molecule has 2 aromatic carbocycles. The van der Waals surface area contributed by atoms with Gasteiger partial charge in [0, 0.05) is 29.6 Å². The molecule has 0 radical (unpaired) electrons. The molecule has 1 unspecified atom stereocenters. The van der Waals surface area contributed by atoms with Gasteiger partial charge in [-0.05, 0) is 49.8 Å². The maximum absolute atomic E-state index is 12.5. The van der Waals surface area contributed by atoms with Crippen LogP contribution in [0.5, 0.6) is 0 Å². The van der Waals surface area contributed by atoms with Crippen molar-refractivity contribution in [2.45, 2.75) is 64.8 Å². The molecular formula is C27H33NO2. The fourth-order valence-electron chi connectivity index (χ4n) is 5.03. The summed E-state index contributed by atoms with van der Waals surface area (Å²) in [6, 6.07) is 17.2. The number of aromatic nitrogens is 1. The third-order valence-corrected chi connectivity index (χ3v) is 6.50. The number of hydrogen-bond acceptors (Lipinski definition) is 2. The summed E-state index contributed by atoms with van der Waals surface area (Å²) in [5.74, 6) is 0.624. The number of rotatable bonds is 7. The van der Waals surface area contributed by atoms with E-state index in [0.717, 1.165) is 12.5 Å². The summed E-state index contributed by atoms with van der Waals surface area (Å²) >= 11 is 0. The van der Waals surface area contributed by atoms with Crippen LogP contribution in [0, 0.1) is 12.8 Å². The van der Waals surface area contributed by atoms with Gasteiger partial charge < -0.3 is 9.30 Å². The zero-order valence-electron chi connectivity index (χ0n) is 18.3. The predicted octanol–water partition coefficient (Wildman–Crippen LogP) is 6.62. The molecule has 158 valence electrons. The summed E-state index contributed by atoms with van der Waals surface area (Å²) < 4.78 is 7.78. The Labute approximate surface area is 180 Å². The average Bonchev–Trinajstić information content (AvgIpc) is 3.11. The van der Waals surface area contributed by atoms with Crippen LogP contribution in [-0.2, 0) is 16.1 Å². The van der Waals surface area contributed by atoms with Crippen molar-refractivity contribution in [3.63, 3.8) is 0 Å². The predicted molar refractivity (Wildman–Crippen MR) is 123 cm³/mol. The third kappa shape index (κ3) is 4.61. The van der Waals surface area contributed by atoms with E-state index in [9.17, 15) is 4.79 Å². The van der Waals surface area contributed by atoms with Crippen LogP contribution in [0.3, 0.4) is 0 Å². The molecule has 0 saturated heterocycles. The number of para-hydroxylation sites is 1. The molecule has 30 heavy (non-hydrogen) atoms. The first-order valence-corrected chi connectivity index (χ1v) is 11.5. The minimum atomic E-state index is -0.131. The molecule has 1 aliphatic rings. The van der Waals surface area contributed by atoms with Gasteiger partial charge in [0.2, 0.25) is 0 Å². The van der Waals surface area contributed by atoms with E-state index in [0.29, 0.717) is 13.0 Å². The first kappa shape index (κ1) is 20.7. The van der Waals surface area contributed by atoms with E-state index < -0.39 is 0 Å². The average molecular weight is 404 g/mol. The van der Waals surface area contributed by atoms with Crippen LogP contribution >= 0.6 is 0 Å². The summed E-state index contributed by atoms with van der Waals surface area (Å²) in [5.41, 5.74) is 4.91. The minimum absolute atomic E-state index is 0.00135. The Kier molecular flexibility index (Phi) is 6.56. The topological polar surface area (TPSA) is 31.2 Å². The smallest absolute Gasteiger partial charge is 0.306 e. The molecule has 1 aliphatic carbocycles. The van der Waals surface area contributed by atoms with Crippen molar-refractivity contribution >= 4 is 16.9 Å². The van der Waals surface area contributed by atoms with Gasteiger partial charge in [0.15, 0.2) is 0 Å². The molecule has 0 N–H and O–H groups in total. The van der Waals surface area contributed by atoms with Crippen LogP contribution in [0.1, 0.15) is 68.1 Å². The van der Waals surface area contributed by atoms with Crippen molar-refractivity contribution in [2.75, 3.05) is 6.61 Å². The van der Waals surface area contributed by atoms with Crippen molar-refractivity contribution in [2.24, 2.45) is 5.92 Å². The highest BCUT2D eigenvalue weighted by Gasteiger charge is 2.24. The van der Waals surface area contributed by atoms with Crippen molar-refractivity contribution in [3.8, 4) is 0 Å². The Morgan fingerprint density at radius 1 is 1.10 bits per heavy atom. The number of carbonyl (C=O) groups is 1. The van der Waals surface area contributed by atoms with E-state index in [4.69, 9.17) is 4.74 Å². The van der Waals surface area contributed by atoms with Crippen LogP contribution in [0.2, 0.25) is 0 Å². The fraction of sp³-hybridized carbons (Fsp3) is 0.444. The zero-order chi connectivity index (χ0) is 20.9. The van der Waals surface area contributed by atoms with Crippen LogP contribution in [-0.4, -0.2) is 17.1 Å². The number of nitrogens with zero attached hydrogens (tertiary/aromatic N) is 1. The lowest BCUT2D eigenvalue weighted by Crippen LogP contribution is -2.14. The lowest BCUT2D eigenvalue weighted by atomic mass is 9.87. The standard InChI is InChI=1S/C27H33NO2/c1-3-30-27(29)17-24(22-13-9-10-20(2)16-22)25-19-28(18-21-11-5-4-6-12-21)26-15-8-7-14-23(25)26/h7-10,13-16,19,21,24H,3-6,11-12,17-18H2,1-2H3. The molecule has 0 amide bonds. The second-order valence-corrected chi connectivity index (χ2v) is 8.73. The maximum atomic E-state index is 12.5. The molecule has 1 saturated carbocycles. The molecule has 1 heterocycles. The summed E-state index contributed by atoms with van der Waals surface area (Å²) in [5, 5.41) is 1.25. The number of hydrogen-bond donors (Lipinski definition) is 0. The molecular weight excluding hydrogens is 370 g/mol. The molecule has 0 aliphatic heterocycles. The van der Waals surface area contributed by atoms with Gasteiger partial charge in [0.25, 0.3) is 0 Å². The maximum Gasteiger partial charge on any atom is 0.306 e. The molecule has 3 heteroatoms. The number of ether oxygens (including phenoxy) is 1. The van der Waals surface area contributed by atoms with Gasteiger partial charge in [-0.1, -0.05) is 67.3 Å². The van der Waals surface area contributed by atoms with Crippen LogP contribution in [0.15, 0.2) is 54.7 Å². The van der Waals surface area contributed by atoms with Gasteiger partial charge in [-0.3, -0.25) is 4.79 Å². The second-order valence-electron chi connectivity index (χ2n) is 8.73. The summed E-state index contributed by atoms with van der Waals surface area (Å²) in [7, 11) is 0. The van der Waals surface area contributed by atoms with E-state index in [2.05, 4.69) is 66.2 Å². The summed E-state index contributed by atoms with van der Waals surface area (Å²) in [6.07, 6.45) is 9.42. The molecule has 0 bridgehead atoms. The Morgan fingerprint density at radius 2 is 1.90 bits per heavy atom. The quantitative estimate of drug-likeness (QED) is 0.415. The van der Waals surface area contributed by atoms with Gasteiger partial charge in [-0.2, -0.15) is 0 Å². The van der Waals surface area contributed by atoms with E-state index in [1.807, 2.05) is 6.92 Å². The lowest BCUT2D eigenvalue weighted by molar-refractivity contribution is -0.143. The minimum Gasteiger partial charge on any atom is -0.466 e. The first-order chi connectivity index (χ1) is 14.7. The van der Waals surface area contributed by atoms with E-state index >= 15 is 0 Å². The van der Waals surface area contributed by atoms with E-state index in [-0.39, 0.29) is 11.9 Å². The van der Waals surface area contributed by atoms with Crippen LogP contribution in [0.4, 0.5) is 0 Å². The van der Waals surface area contributed by atoms with Gasteiger partial charge in [-0.25, -0.2) is 0 Å². The van der Waals surface area contributed by atoms with Gasteiger partial charge in [-0.15, -0.1) is 0 Å². The van der Waals surface area contributed by atoms with Crippen molar-refractivity contribution < 1.29 is 9.53 Å². The largest absolute Gasteiger partial charge is 0.466 e. The van der Waals surface area contributed by atoms with Crippen molar-refractivity contribution in [1.29, 1.82) is 0 Å². The molecule has 4 rings (SSSR count). The number of aryl methyl sites for hydroxylation is 1. The van der Waals surface area contributed by atoms with Crippen molar-refractivity contribution in [3.05, 3.63) is 71.4 Å². The summed E-state index contributed by atoms with van der Waals surface area (Å²) in [4.78, 5) is 12.5. The molecule has 3 nitrogen and oxygen atoms in total. The highest BCUT2D eigenvalue weighted by atomic mass is 16.5. The second kappa shape index (κ2) is 9.51. The molecule has 1 fully saturated rings. The monoisotopic (exact) mass is 403 g/mol. The number of esters is 1. The summed E-state index contributed by atoms with van der Waals surface area (Å²) in [6.45, 7) is 5.47. The Morgan fingerprint density at radius 3 is 2.67 bits per heavy atom. The number of benzene rings is 2. The SMILES string of the molecule is CCOC(=O)CC(c1cccc(C)c1)c1cn(CC2CCCCC2)c2ccccc12. The molecule has 3 aromatic rings. The Hall–Kier alpha value is -2.55. The van der Waals surface area contributed by atoms with E-state index in [1.54, 1.807) is 0 Å². The Bertz CT molecular complexity index is 997. The van der Waals surface area contributed by atoms with Gasteiger partial charge in [0.1, 0.15) is 0 Å². The van der Waals surface area contributed by atoms with Crippen molar-refractivity contribution in [1.82, 2.24) is 4.57 Å². The normalized spacial score (nSPS) is 15.9. The fourth-order valence-corrected chi connectivity index (χ4v) is 5.03. The third-order valence-electron chi connectivity index (χ3n) is 6.50. The number of fused-ring (bicyclic) bond motifs is 1. The first-order valence-electron chi connectivity index (χ1n) is 11.5. The molecule has 1 atom stereocenters. The van der Waals surface area contributed by atoms with Gasteiger partial charge in [0.05, 0.1) is 13.0 Å².